The molecule has 1 rings (SSSR count). The molecule has 0 aromatic heterocycles. The molecule has 0 N–H and O–H groups in total. The van der Waals surface area contributed by atoms with Crippen LogP contribution in [-0.4, -0.2) is 51.2 Å². The number of rotatable bonds is 9. The number of methoxy groups -OCH3 is 2. The number of carbonyl (C=O) groups excluding carboxylic acids is 1. The van der Waals surface area contributed by atoms with Gasteiger partial charge in [0.25, 0.3) is 5.69 Å². The highest BCUT2D eigenvalue weighted by Gasteiger charge is 2.20. The topological polar surface area (TPSA) is 81.9 Å². The number of hydrogen-bond acceptors (Lipinski definition) is 6. The first kappa shape index (κ1) is 17.1. The van der Waals surface area contributed by atoms with E-state index in [0.717, 1.165) is 0 Å². The summed E-state index contributed by atoms with van der Waals surface area (Å²) in [6, 6.07) is 4.50. The second-order valence-corrected chi connectivity index (χ2v) is 4.49. The number of ether oxygens (including phenoxy) is 2. The van der Waals surface area contributed by atoms with Gasteiger partial charge >= 0.3 is 0 Å². The van der Waals surface area contributed by atoms with Crippen LogP contribution in [0.1, 0.15) is 17.3 Å². The quantitative estimate of drug-likeness (QED) is 0.393. The molecular weight excluding hydrogens is 276 g/mol. The van der Waals surface area contributed by atoms with E-state index in [0.29, 0.717) is 37.6 Å². The molecule has 0 spiro atoms. The van der Waals surface area contributed by atoms with E-state index >= 15 is 0 Å². The van der Waals surface area contributed by atoms with Crippen LogP contribution in [0.3, 0.4) is 0 Å². The third-order valence-corrected chi connectivity index (χ3v) is 3.05. The average Bonchev–Trinajstić information content (AvgIpc) is 2.46. The molecule has 0 saturated carbocycles. The molecule has 0 unspecified atom stereocenters. The molecule has 0 aliphatic carbocycles. The molecule has 0 saturated heterocycles. The fourth-order valence-corrected chi connectivity index (χ4v) is 1.91. The predicted molar refractivity (Wildman–Crippen MR) is 79.1 cm³/mol. The molecule has 21 heavy (non-hydrogen) atoms. The Morgan fingerprint density at radius 2 is 1.81 bits per heavy atom. The van der Waals surface area contributed by atoms with Gasteiger partial charge in [-0.15, -0.1) is 0 Å². The Labute approximate surface area is 123 Å². The summed E-state index contributed by atoms with van der Waals surface area (Å²) in [4.78, 5) is 24.0. The van der Waals surface area contributed by atoms with Crippen molar-refractivity contribution in [2.45, 2.75) is 6.92 Å². The van der Waals surface area contributed by atoms with Crippen molar-refractivity contribution >= 4 is 17.2 Å². The van der Waals surface area contributed by atoms with Crippen LogP contribution in [0.2, 0.25) is 0 Å². The summed E-state index contributed by atoms with van der Waals surface area (Å²) in [7, 11) is 3.14. The number of carbonyl (C=O) groups is 1. The van der Waals surface area contributed by atoms with Gasteiger partial charge in [-0.25, -0.2) is 0 Å². The molecule has 1 aromatic carbocycles. The van der Waals surface area contributed by atoms with E-state index in [4.69, 9.17) is 9.47 Å². The highest BCUT2D eigenvalue weighted by molar-refractivity contribution is 5.95. The minimum Gasteiger partial charge on any atom is -0.383 e. The maximum absolute atomic E-state index is 11.4. The van der Waals surface area contributed by atoms with E-state index in [2.05, 4.69) is 0 Å². The van der Waals surface area contributed by atoms with Crippen LogP contribution >= 0.6 is 0 Å². The third kappa shape index (κ3) is 4.80. The van der Waals surface area contributed by atoms with Gasteiger partial charge in [0.15, 0.2) is 5.78 Å². The molecule has 0 atom stereocenters. The maximum Gasteiger partial charge on any atom is 0.293 e. The van der Waals surface area contributed by atoms with E-state index in [1.165, 1.54) is 13.0 Å². The Morgan fingerprint density at radius 3 is 2.24 bits per heavy atom. The Morgan fingerprint density at radius 1 is 1.24 bits per heavy atom. The fraction of sp³-hybridized carbons (Fsp3) is 0.500. The van der Waals surface area contributed by atoms with E-state index in [-0.39, 0.29) is 11.5 Å². The molecule has 0 fully saturated rings. The number of nitrogens with zero attached hydrogens (tertiary/aromatic N) is 2. The largest absolute Gasteiger partial charge is 0.383 e. The van der Waals surface area contributed by atoms with Crippen LogP contribution in [0.4, 0.5) is 11.4 Å². The van der Waals surface area contributed by atoms with Gasteiger partial charge < -0.3 is 14.4 Å². The molecule has 0 aliphatic rings. The lowest BCUT2D eigenvalue weighted by atomic mass is 10.1. The summed E-state index contributed by atoms with van der Waals surface area (Å²) in [5.41, 5.74) is 0.692. The van der Waals surface area contributed by atoms with Crippen LogP contribution < -0.4 is 4.90 Å². The maximum atomic E-state index is 11.4. The van der Waals surface area contributed by atoms with Crippen molar-refractivity contribution in [3.8, 4) is 0 Å². The van der Waals surface area contributed by atoms with Gasteiger partial charge in [0.1, 0.15) is 5.69 Å². The lowest BCUT2D eigenvalue weighted by Gasteiger charge is -2.24. The zero-order valence-electron chi connectivity index (χ0n) is 12.5. The van der Waals surface area contributed by atoms with Crippen molar-refractivity contribution in [1.29, 1.82) is 0 Å². The van der Waals surface area contributed by atoms with E-state index < -0.39 is 4.92 Å². The minimum atomic E-state index is -0.478. The van der Waals surface area contributed by atoms with Crippen LogP contribution in [0.25, 0.3) is 0 Å². The molecule has 7 heteroatoms. The van der Waals surface area contributed by atoms with E-state index in [1.807, 2.05) is 4.90 Å². The molecule has 0 aliphatic heterocycles. The van der Waals surface area contributed by atoms with Crippen molar-refractivity contribution in [3.63, 3.8) is 0 Å². The summed E-state index contributed by atoms with van der Waals surface area (Å²) in [5.74, 6) is -0.204. The molecular formula is C14H20N2O5. The number of ketones is 1. The third-order valence-electron chi connectivity index (χ3n) is 3.05. The van der Waals surface area contributed by atoms with Gasteiger partial charge in [-0.1, -0.05) is 0 Å². The highest BCUT2D eigenvalue weighted by atomic mass is 16.6. The number of hydrogen-bond donors (Lipinski definition) is 0. The second-order valence-electron chi connectivity index (χ2n) is 4.49. The zero-order chi connectivity index (χ0) is 15.8. The van der Waals surface area contributed by atoms with Gasteiger partial charge in [0.2, 0.25) is 0 Å². The second kappa shape index (κ2) is 8.33. The van der Waals surface area contributed by atoms with Gasteiger partial charge in [-0.05, 0) is 19.1 Å². The van der Waals surface area contributed by atoms with Crippen LogP contribution in [0, 0.1) is 10.1 Å². The lowest BCUT2D eigenvalue weighted by Crippen LogP contribution is -2.31. The molecule has 0 amide bonds. The summed E-state index contributed by atoms with van der Waals surface area (Å²) in [6.45, 7) is 3.26. The monoisotopic (exact) mass is 296 g/mol. The summed E-state index contributed by atoms with van der Waals surface area (Å²) in [6.07, 6.45) is 0. The van der Waals surface area contributed by atoms with Crippen molar-refractivity contribution in [3.05, 3.63) is 33.9 Å². The van der Waals surface area contributed by atoms with Crippen LogP contribution in [0.15, 0.2) is 18.2 Å². The Balaban J connectivity index is 3.15. The molecule has 1 aromatic rings. The van der Waals surface area contributed by atoms with E-state index in [9.17, 15) is 14.9 Å². The van der Waals surface area contributed by atoms with Crippen molar-refractivity contribution in [2.75, 3.05) is 45.4 Å². The first-order valence-electron chi connectivity index (χ1n) is 6.53. The van der Waals surface area contributed by atoms with Crippen molar-refractivity contribution < 1.29 is 19.2 Å². The van der Waals surface area contributed by atoms with Gasteiger partial charge in [-0.2, -0.15) is 0 Å². The predicted octanol–water partition coefficient (Wildman–Crippen LogP) is 1.90. The van der Waals surface area contributed by atoms with Crippen molar-refractivity contribution in [2.24, 2.45) is 0 Å². The standard InChI is InChI=1S/C14H20N2O5/c1-11(17)12-4-5-13(14(10-12)16(18)19)15(6-8-20-2)7-9-21-3/h4-5,10H,6-9H2,1-3H3. The van der Waals surface area contributed by atoms with E-state index in [1.54, 1.807) is 26.4 Å². The molecule has 0 heterocycles. The smallest absolute Gasteiger partial charge is 0.293 e. The van der Waals surface area contributed by atoms with Gasteiger partial charge in [-0.3, -0.25) is 14.9 Å². The average molecular weight is 296 g/mol. The Kier molecular flexibility index (Phi) is 6.77. The number of Topliss-reactive ketones (excluding diaryl/α,β-unsaturated/α-hetero) is 1. The summed E-state index contributed by atoms with van der Waals surface area (Å²) in [5, 5.41) is 11.3. The number of anilines is 1. The van der Waals surface area contributed by atoms with Gasteiger partial charge in [0, 0.05) is 38.9 Å². The van der Waals surface area contributed by atoms with Gasteiger partial charge in [0.05, 0.1) is 18.1 Å². The molecule has 0 bridgehead atoms. The first-order chi connectivity index (χ1) is 10.0. The Bertz CT molecular complexity index is 496. The first-order valence-corrected chi connectivity index (χ1v) is 6.53. The number of nitro benzene ring substituents is 1. The molecule has 0 radical (unpaired) electrons. The van der Waals surface area contributed by atoms with Crippen molar-refractivity contribution in [1.82, 2.24) is 0 Å². The lowest BCUT2D eigenvalue weighted by molar-refractivity contribution is -0.384. The molecule has 7 nitrogen and oxygen atoms in total. The normalized spacial score (nSPS) is 10.4. The fourth-order valence-electron chi connectivity index (χ4n) is 1.91. The zero-order valence-corrected chi connectivity index (χ0v) is 12.5. The number of nitro groups is 1. The van der Waals surface area contributed by atoms with Crippen LogP contribution in [0.5, 0.6) is 0 Å². The minimum absolute atomic E-state index is 0.0880. The Hall–Kier alpha value is -1.99. The number of benzene rings is 1. The SMILES string of the molecule is COCCN(CCOC)c1ccc(C(C)=O)cc1[N+](=O)[O-]. The van der Waals surface area contributed by atoms with Crippen LogP contribution in [-0.2, 0) is 9.47 Å². The summed E-state index contributed by atoms with van der Waals surface area (Å²) < 4.78 is 10.1. The highest BCUT2D eigenvalue weighted by Crippen LogP contribution is 2.29. The molecule has 116 valence electrons. The summed E-state index contributed by atoms with van der Waals surface area (Å²) >= 11 is 0.